The highest BCUT2D eigenvalue weighted by atomic mass is 16.4. The maximum atomic E-state index is 12.7. The molecule has 0 fully saturated rings. The number of benzene rings is 1. The number of hydrazine groups is 1. The first-order chi connectivity index (χ1) is 15.3. The Hall–Kier alpha value is -3.72. The first-order valence-corrected chi connectivity index (χ1v) is 10.4. The lowest BCUT2D eigenvalue weighted by Gasteiger charge is -2.15. The lowest BCUT2D eigenvalue weighted by molar-refractivity contribution is -0.117. The zero-order valence-corrected chi connectivity index (χ0v) is 18.6. The van der Waals surface area contributed by atoms with Gasteiger partial charge in [0, 0.05) is 0 Å². The van der Waals surface area contributed by atoms with Gasteiger partial charge in [0.25, 0.3) is 5.78 Å². The molecule has 0 saturated carbocycles. The van der Waals surface area contributed by atoms with Crippen LogP contribution in [0.15, 0.2) is 46.9 Å². The third-order valence-corrected chi connectivity index (χ3v) is 5.17. The van der Waals surface area contributed by atoms with Crippen molar-refractivity contribution in [2.24, 2.45) is 0 Å². The Morgan fingerprint density at radius 3 is 2.34 bits per heavy atom. The molecule has 0 bridgehead atoms. The monoisotopic (exact) mass is 437 g/mol. The van der Waals surface area contributed by atoms with Crippen LogP contribution >= 0.6 is 0 Å². The normalized spacial score (nSPS) is 10.9. The molecule has 0 aliphatic carbocycles. The number of carbonyl (C=O) groups is 3. The summed E-state index contributed by atoms with van der Waals surface area (Å²) in [6, 6.07) is 12.5. The van der Waals surface area contributed by atoms with Crippen LogP contribution in [0.5, 0.6) is 0 Å². The molecule has 0 aliphatic heterocycles. The third-order valence-electron chi connectivity index (χ3n) is 5.17. The van der Waals surface area contributed by atoms with Crippen molar-refractivity contribution < 1.29 is 18.8 Å². The Morgan fingerprint density at radius 1 is 1.00 bits per heavy atom. The average molecular weight is 438 g/mol. The fraction of sp³-hybridized carbons (Fsp3) is 0.304. The van der Waals surface area contributed by atoms with Crippen LogP contribution in [-0.4, -0.2) is 45.4 Å². The number of hydrogen-bond acceptors (Lipinski definition) is 6. The molecule has 2 amide bonds. The van der Waals surface area contributed by atoms with E-state index in [1.54, 1.807) is 24.6 Å². The van der Waals surface area contributed by atoms with Crippen LogP contribution in [0.25, 0.3) is 5.69 Å². The summed E-state index contributed by atoms with van der Waals surface area (Å²) in [5.41, 5.74) is 6.31. The van der Waals surface area contributed by atoms with Gasteiger partial charge < -0.3 is 4.42 Å². The third kappa shape index (κ3) is 4.94. The molecule has 0 aliphatic rings. The Morgan fingerprint density at radius 2 is 1.69 bits per heavy atom. The van der Waals surface area contributed by atoms with E-state index in [-0.39, 0.29) is 11.3 Å². The van der Waals surface area contributed by atoms with E-state index >= 15 is 0 Å². The van der Waals surface area contributed by atoms with Gasteiger partial charge in [-0.3, -0.25) is 30.1 Å². The van der Waals surface area contributed by atoms with Gasteiger partial charge in [-0.25, -0.2) is 4.68 Å². The van der Waals surface area contributed by atoms with Crippen molar-refractivity contribution in [3.63, 3.8) is 0 Å². The number of amides is 2. The number of Topliss-reactive ketones (excluding diaryl/α,β-unsaturated/α-hetero) is 1. The number of carbonyl (C=O) groups excluding carboxylic acids is 3. The quantitative estimate of drug-likeness (QED) is 0.318. The van der Waals surface area contributed by atoms with Crippen LogP contribution in [-0.2, 0) is 11.3 Å². The zero-order chi connectivity index (χ0) is 23.3. The van der Waals surface area contributed by atoms with Crippen LogP contribution in [0.2, 0.25) is 0 Å². The Balaban J connectivity index is 1.64. The number of ketones is 1. The second kappa shape index (κ2) is 10.1. The van der Waals surface area contributed by atoms with Crippen molar-refractivity contribution in [1.29, 1.82) is 0 Å². The summed E-state index contributed by atoms with van der Waals surface area (Å²) in [4.78, 5) is 39.6. The molecule has 0 saturated heterocycles. The summed E-state index contributed by atoms with van der Waals surface area (Å²) in [6.07, 6.45) is 0. The molecule has 0 atom stereocenters. The highest BCUT2D eigenvalue weighted by molar-refractivity contribution is 6.43. The van der Waals surface area contributed by atoms with Crippen molar-refractivity contribution in [1.82, 2.24) is 25.5 Å². The second-order valence-electron chi connectivity index (χ2n) is 7.26. The van der Waals surface area contributed by atoms with Crippen molar-refractivity contribution in [2.45, 2.75) is 34.2 Å². The van der Waals surface area contributed by atoms with E-state index in [4.69, 9.17) is 4.42 Å². The van der Waals surface area contributed by atoms with Crippen LogP contribution < -0.4 is 10.9 Å². The maximum absolute atomic E-state index is 12.7. The molecular weight excluding hydrogens is 410 g/mol. The SMILES string of the molecule is CCN(CC)Cc1ccc(C(=O)NNC(=O)C(=O)c2c(C)nn(-c3ccccc3)c2C)o1. The van der Waals surface area contributed by atoms with E-state index in [1.807, 2.05) is 44.2 Å². The molecule has 3 rings (SSSR count). The molecule has 2 aromatic heterocycles. The van der Waals surface area contributed by atoms with E-state index < -0.39 is 17.6 Å². The van der Waals surface area contributed by atoms with Gasteiger partial charge in [-0.15, -0.1) is 0 Å². The van der Waals surface area contributed by atoms with Crippen LogP contribution in [0.4, 0.5) is 0 Å². The highest BCUT2D eigenvalue weighted by Gasteiger charge is 2.25. The predicted molar refractivity (Wildman–Crippen MR) is 118 cm³/mol. The minimum Gasteiger partial charge on any atom is -0.454 e. The van der Waals surface area contributed by atoms with Gasteiger partial charge in [-0.2, -0.15) is 5.10 Å². The van der Waals surface area contributed by atoms with Crippen LogP contribution in [0, 0.1) is 13.8 Å². The summed E-state index contributed by atoms with van der Waals surface area (Å²) in [5, 5.41) is 4.38. The standard InChI is InChI=1S/C23H27N5O4/c1-5-27(6-2)14-18-12-13-19(32-18)22(30)24-25-23(31)21(29)20-15(3)26-28(16(20)4)17-10-8-7-9-11-17/h7-13H,5-6,14H2,1-4H3,(H,24,30)(H,25,31). The number of nitrogens with zero attached hydrogens (tertiary/aromatic N) is 3. The number of furan rings is 1. The number of aromatic nitrogens is 2. The second-order valence-corrected chi connectivity index (χ2v) is 7.26. The molecule has 0 unspecified atom stereocenters. The Bertz CT molecular complexity index is 1110. The molecule has 0 spiro atoms. The minimum atomic E-state index is -0.966. The van der Waals surface area contributed by atoms with Crippen LogP contribution in [0.1, 0.15) is 51.9 Å². The highest BCUT2D eigenvalue weighted by Crippen LogP contribution is 2.18. The van der Waals surface area contributed by atoms with Crippen LogP contribution in [0.3, 0.4) is 0 Å². The number of nitrogens with one attached hydrogen (secondary N) is 2. The van der Waals surface area contributed by atoms with Crippen molar-refractivity contribution in [3.05, 3.63) is 70.9 Å². The molecule has 2 heterocycles. The maximum Gasteiger partial charge on any atom is 0.310 e. The van der Waals surface area contributed by atoms with E-state index in [0.717, 1.165) is 18.8 Å². The number of aryl methyl sites for hydroxylation is 1. The molecule has 3 aromatic rings. The molecular formula is C23H27N5O4. The Labute approximate surface area is 186 Å². The van der Waals surface area contributed by atoms with Gasteiger partial charge in [-0.1, -0.05) is 32.0 Å². The minimum absolute atomic E-state index is 0.0455. The van der Waals surface area contributed by atoms with E-state index in [1.165, 1.54) is 6.07 Å². The first-order valence-electron chi connectivity index (χ1n) is 10.4. The molecule has 9 heteroatoms. The van der Waals surface area contributed by atoms with Gasteiger partial charge in [0.1, 0.15) is 5.76 Å². The van der Waals surface area contributed by atoms with E-state index in [0.29, 0.717) is 23.7 Å². The number of para-hydroxylation sites is 1. The summed E-state index contributed by atoms with van der Waals surface area (Å²) in [7, 11) is 0. The summed E-state index contributed by atoms with van der Waals surface area (Å²) >= 11 is 0. The smallest absolute Gasteiger partial charge is 0.310 e. The predicted octanol–water partition coefficient (Wildman–Crippen LogP) is 2.57. The molecule has 168 valence electrons. The molecule has 32 heavy (non-hydrogen) atoms. The molecule has 2 N–H and O–H groups in total. The van der Waals surface area contributed by atoms with Crippen molar-refractivity contribution >= 4 is 17.6 Å². The van der Waals surface area contributed by atoms with Gasteiger partial charge >= 0.3 is 11.8 Å². The van der Waals surface area contributed by atoms with Crippen molar-refractivity contribution in [3.8, 4) is 5.69 Å². The zero-order valence-electron chi connectivity index (χ0n) is 18.6. The van der Waals surface area contributed by atoms with Gasteiger partial charge in [0.15, 0.2) is 5.76 Å². The molecule has 1 aromatic carbocycles. The van der Waals surface area contributed by atoms with Gasteiger partial charge in [0.2, 0.25) is 0 Å². The molecule has 0 radical (unpaired) electrons. The Kier molecular flexibility index (Phi) is 7.21. The first kappa shape index (κ1) is 23.0. The summed E-state index contributed by atoms with van der Waals surface area (Å²) in [5.74, 6) is -1.72. The lowest BCUT2D eigenvalue weighted by Crippen LogP contribution is -2.45. The number of rotatable bonds is 8. The van der Waals surface area contributed by atoms with Gasteiger partial charge in [0.05, 0.1) is 29.2 Å². The number of hydrogen-bond donors (Lipinski definition) is 2. The molecule has 9 nitrogen and oxygen atoms in total. The van der Waals surface area contributed by atoms with Crippen molar-refractivity contribution in [2.75, 3.05) is 13.1 Å². The van der Waals surface area contributed by atoms with E-state index in [2.05, 4.69) is 20.9 Å². The topological polar surface area (TPSA) is 109 Å². The fourth-order valence-electron chi connectivity index (χ4n) is 3.39. The average Bonchev–Trinajstić information content (AvgIpc) is 3.39. The summed E-state index contributed by atoms with van der Waals surface area (Å²) < 4.78 is 7.15. The fourth-order valence-corrected chi connectivity index (χ4v) is 3.39. The largest absolute Gasteiger partial charge is 0.454 e. The van der Waals surface area contributed by atoms with E-state index in [9.17, 15) is 14.4 Å². The van der Waals surface area contributed by atoms with Gasteiger partial charge in [-0.05, 0) is 51.2 Å². The lowest BCUT2D eigenvalue weighted by atomic mass is 10.1. The summed E-state index contributed by atoms with van der Waals surface area (Å²) in [6.45, 7) is 9.75.